The highest BCUT2D eigenvalue weighted by molar-refractivity contribution is 7.92. The molecule has 0 atom stereocenters. The quantitative estimate of drug-likeness (QED) is 0.684. The molecule has 2 heterocycles. The molecule has 2 aromatic rings. The molecule has 3 rings (SSSR count). The van der Waals surface area contributed by atoms with E-state index in [0.29, 0.717) is 26.5 Å². The summed E-state index contributed by atoms with van der Waals surface area (Å²) in [6, 6.07) is 3.21. The zero-order valence-electron chi connectivity index (χ0n) is 14.6. The van der Waals surface area contributed by atoms with Crippen LogP contribution >= 0.6 is 22.9 Å². The van der Waals surface area contributed by atoms with Crippen LogP contribution in [0.3, 0.4) is 0 Å². The van der Waals surface area contributed by atoms with Crippen molar-refractivity contribution in [2.45, 2.75) is 25.7 Å². The molecular weight excluding hydrogens is 408 g/mol. The minimum Gasteiger partial charge on any atom is -0.298 e. The van der Waals surface area contributed by atoms with Crippen LogP contribution in [0.1, 0.15) is 31.2 Å². The lowest BCUT2D eigenvalue weighted by molar-refractivity contribution is -0.111. The Morgan fingerprint density at radius 1 is 1.26 bits per heavy atom. The summed E-state index contributed by atoms with van der Waals surface area (Å²) in [5.74, 6) is 0.242. The van der Waals surface area contributed by atoms with Gasteiger partial charge in [0.25, 0.3) is 5.91 Å². The van der Waals surface area contributed by atoms with Gasteiger partial charge in [-0.3, -0.25) is 14.8 Å². The number of aromatic nitrogens is 2. The number of allylic oxidation sites excluding steroid dienone is 1. The number of amides is 1. The molecule has 2 N–H and O–H groups in total. The van der Waals surface area contributed by atoms with Crippen molar-refractivity contribution in [3.8, 4) is 0 Å². The lowest BCUT2D eigenvalue weighted by Gasteiger charge is -2.11. The maximum absolute atomic E-state index is 12.8. The van der Waals surface area contributed by atoms with E-state index in [1.165, 1.54) is 29.8 Å². The fourth-order valence-corrected chi connectivity index (χ4v) is 4.25. The molecule has 2 aromatic heterocycles. The van der Waals surface area contributed by atoms with Crippen molar-refractivity contribution < 1.29 is 13.2 Å². The van der Waals surface area contributed by atoms with Crippen LogP contribution in [-0.2, 0) is 14.8 Å². The van der Waals surface area contributed by atoms with Gasteiger partial charge in [-0.2, -0.15) is 0 Å². The number of nitrogens with zero attached hydrogens (tertiary/aromatic N) is 2. The Kier molecular flexibility index (Phi) is 6.13. The summed E-state index contributed by atoms with van der Waals surface area (Å²) in [7, 11) is -3.41. The molecule has 0 spiro atoms. The lowest BCUT2D eigenvalue weighted by Crippen LogP contribution is -2.15. The second-order valence-electron chi connectivity index (χ2n) is 6.35. The number of rotatable bonds is 6. The Morgan fingerprint density at radius 2 is 2.00 bits per heavy atom. The van der Waals surface area contributed by atoms with Crippen molar-refractivity contribution in [1.29, 1.82) is 0 Å². The van der Waals surface area contributed by atoms with E-state index in [-0.39, 0.29) is 11.7 Å². The van der Waals surface area contributed by atoms with E-state index in [0.717, 1.165) is 31.9 Å². The standard InChI is InChI=1S/C17H19ClN4O3S2/c1-27(24,25)22-15-7-6-12(9-19-15)13(8-11-4-2-3-5-11)16(23)21-17-20-10-14(18)26-17/h6-11H,2-5H2,1H3,(H,19,22)(H,20,21,23)/b13-8+. The van der Waals surface area contributed by atoms with E-state index in [9.17, 15) is 13.2 Å². The molecule has 1 aliphatic carbocycles. The summed E-state index contributed by atoms with van der Waals surface area (Å²) in [5, 5.41) is 3.19. The van der Waals surface area contributed by atoms with Gasteiger partial charge in [-0.1, -0.05) is 41.9 Å². The molecule has 0 saturated heterocycles. The number of anilines is 2. The summed E-state index contributed by atoms with van der Waals surface area (Å²) in [4.78, 5) is 21.0. The molecule has 144 valence electrons. The fraction of sp³-hybridized carbons (Fsp3) is 0.353. The molecule has 0 unspecified atom stereocenters. The molecule has 1 fully saturated rings. The second-order valence-corrected chi connectivity index (χ2v) is 9.77. The first kappa shape index (κ1) is 19.8. The molecule has 1 saturated carbocycles. The summed E-state index contributed by atoms with van der Waals surface area (Å²) < 4.78 is 25.4. The normalized spacial score (nSPS) is 15.7. The first-order valence-electron chi connectivity index (χ1n) is 8.39. The minimum absolute atomic E-state index is 0.202. The van der Waals surface area contributed by atoms with Crippen LogP contribution in [0.5, 0.6) is 0 Å². The predicted octanol–water partition coefficient (Wildman–Crippen LogP) is 3.78. The van der Waals surface area contributed by atoms with E-state index >= 15 is 0 Å². The number of sulfonamides is 1. The van der Waals surface area contributed by atoms with Crippen LogP contribution in [0.15, 0.2) is 30.6 Å². The Hall–Kier alpha value is -1.97. The van der Waals surface area contributed by atoms with Gasteiger partial charge in [0.05, 0.1) is 12.5 Å². The van der Waals surface area contributed by atoms with Crippen molar-refractivity contribution in [3.63, 3.8) is 0 Å². The molecular formula is C17H19ClN4O3S2. The zero-order valence-corrected chi connectivity index (χ0v) is 17.0. The third kappa shape index (κ3) is 5.75. The van der Waals surface area contributed by atoms with Crippen LogP contribution in [0.25, 0.3) is 5.57 Å². The van der Waals surface area contributed by atoms with Gasteiger partial charge in [0.1, 0.15) is 10.2 Å². The average Bonchev–Trinajstić information content (AvgIpc) is 3.24. The van der Waals surface area contributed by atoms with E-state index in [2.05, 4.69) is 20.0 Å². The van der Waals surface area contributed by atoms with Gasteiger partial charge in [0, 0.05) is 17.3 Å². The molecule has 1 amide bonds. The smallest absolute Gasteiger partial charge is 0.257 e. The molecule has 27 heavy (non-hydrogen) atoms. The van der Waals surface area contributed by atoms with Gasteiger partial charge in [-0.05, 0) is 30.9 Å². The van der Waals surface area contributed by atoms with Gasteiger partial charge in [-0.15, -0.1) is 0 Å². The SMILES string of the molecule is CS(=O)(=O)Nc1ccc(/C(=C\C2CCCC2)C(=O)Nc2ncc(Cl)s2)cn1. The number of pyridine rings is 1. The molecule has 1 aliphatic rings. The Balaban J connectivity index is 1.86. The van der Waals surface area contributed by atoms with E-state index in [1.807, 2.05) is 6.08 Å². The summed E-state index contributed by atoms with van der Waals surface area (Å²) >= 11 is 7.06. The Labute approximate surface area is 166 Å². The summed E-state index contributed by atoms with van der Waals surface area (Å²) in [6.07, 6.45) is 10.4. The van der Waals surface area contributed by atoms with E-state index in [4.69, 9.17) is 11.6 Å². The van der Waals surface area contributed by atoms with Crippen LogP contribution in [0.4, 0.5) is 10.9 Å². The largest absolute Gasteiger partial charge is 0.298 e. The molecule has 10 heteroatoms. The highest BCUT2D eigenvalue weighted by Crippen LogP contribution is 2.30. The van der Waals surface area contributed by atoms with E-state index < -0.39 is 10.0 Å². The molecule has 0 radical (unpaired) electrons. The van der Waals surface area contributed by atoms with E-state index in [1.54, 1.807) is 6.07 Å². The maximum Gasteiger partial charge on any atom is 0.257 e. The molecule has 0 aromatic carbocycles. The number of thiazole rings is 1. The molecule has 7 nitrogen and oxygen atoms in total. The third-order valence-electron chi connectivity index (χ3n) is 4.11. The number of hydrogen-bond donors (Lipinski definition) is 2. The highest BCUT2D eigenvalue weighted by Gasteiger charge is 2.19. The van der Waals surface area contributed by atoms with Crippen LogP contribution < -0.4 is 10.0 Å². The predicted molar refractivity (Wildman–Crippen MR) is 108 cm³/mol. The molecule has 0 bridgehead atoms. The number of nitrogens with one attached hydrogen (secondary N) is 2. The van der Waals surface area contributed by atoms with Crippen molar-refractivity contribution >= 4 is 55.4 Å². The monoisotopic (exact) mass is 426 g/mol. The summed E-state index contributed by atoms with van der Waals surface area (Å²) in [5.41, 5.74) is 1.10. The van der Waals surface area contributed by atoms with Crippen molar-refractivity contribution in [2.24, 2.45) is 5.92 Å². The topological polar surface area (TPSA) is 101 Å². The number of carbonyl (C=O) groups excluding carboxylic acids is 1. The van der Waals surface area contributed by atoms with Crippen LogP contribution in [-0.4, -0.2) is 30.5 Å². The fourth-order valence-electron chi connectivity index (χ4n) is 2.94. The highest BCUT2D eigenvalue weighted by atomic mass is 35.5. The number of hydrogen-bond acceptors (Lipinski definition) is 6. The van der Waals surface area contributed by atoms with Crippen molar-refractivity contribution in [2.75, 3.05) is 16.3 Å². The number of carbonyl (C=O) groups is 1. The van der Waals surface area contributed by atoms with Gasteiger partial charge >= 0.3 is 0 Å². The first-order chi connectivity index (χ1) is 12.8. The summed E-state index contributed by atoms with van der Waals surface area (Å²) in [6.45, 7) is 0. The van der Waals surface area contributed by atoms with Gasteiger partial charge in [-0.25, -0.2) is 18.4 Å². The number of halogens is 1. The van der Waals surface area contributed by atoms with Gasteiger partial charge in [0.2, 0.25) is 10.0 Å². The lowest BCUT2D eigenvalue weighted by atomic mass is 9.99. The second kappa shape index (κ2) is 8.37. The Morgan fingerprint density at radius 3 is 2.56 bits per heavy atom. The molecule has 0 aliphatic heterocycles. The average molecular weight is 427 g/mol. The van der Waals surface area contributed by atoms with Crippen LogP contribution in [0.2, 0.25) is 4.34 Å². The maximum atomic E-state index is 12.8. The van der Waals surface area contributed by atoms with Crippen molar-refractivity contribution in [1.82, 2.24) is 9.97 Å². The zero-order chi connectivity index (χ0) is 19.4. The van der Waals surface area contributed by atoms with Crippen LogP contribution in [0, 0.1) is 5.92 Å². The first-order valence-corrected chi connectivity index (χ1v) is 11.5. The van der Waals surface area contributed by atoms with Gasteiger partial charge < -0.3 is 0 Å². The Bertz CT molecular complexity index is 949. The minimum atomic E-state index is -3.41. The third-order valence-corrected chi connectivity index (χ3v) is 5.72. The van der Waals surface area contributed by atoms with Gasteiger partial charge in [0.15, 0.2) is 5.13 Å². The van der Waals surface area contributed by atoms with Crippen molar-refractivity contribution in [3.05, 3.63) is 40.5 Å².